The van der Waals surface area contributed by atoms with E-state index in [1.54, 1.807) is 11.6 Å². The Balaban J connectivity index is 1.43. The van der Waals surface area contributed by atoms with Gasteiger partial charge in [-0.15, -0.1) is 0 Å². The van der Waals surface area contributed by atoms with Gasteiger partial charge in [0.25, 0.3) is 0 Å². The first-order valence-corrected chi connectivity index (χ1v) is 10.1. The van der Waals surface area contributed by atoms with E-state index in [0.717, 1.165) is 22.3 Å². The van der Waals surface area contributed by atoms with Crippen LogP contribution in [0.3, 0.4) is 0 Å². The van der Waals surface area contributed by atoms with Crippen molar-refractivity contribution >= 4 is 17.6 Å². The van der Waals surface area contributed by atoms with Crippen LogP contribution in [-0.4, -0.2) is 15.7 Å². The lowest BCUT2D eigenvalue weighted by atomic mass is 10.0. The molecule has 150 valence electrons. The van der Waals surface area contributed by atoms with Crippen LogP contribution in [-0.2, 0) is 17.9 Å². The van der Waals surface area contributed by atoms with Gasteiger partial charge >= 0.3 is 5.97 Å². The van der Waals surface area contributed by atoms with Gasteiger partial charge in [0.2, 0.25) is 0 Å². The minimum Gasteiger partial charge on any atom is -0.457 e. The molecule has 0 radical (unpaired) electrons. The van der Waals surface area contributed by atoms with Crippen LogP contribution in [0.4, 0.5) is 0 Å². The summed E-state index contributed by atoms with van der Waals surface area (Å²) in [5, 5.41) is 4.70. The van der Waals surface area contributed by atoms with Crippen molar-refractivity contribution in [2.75, 3.05) is 0 Å². The standard InChI is InChI=1S/C25H21ClN2O2/c1-18-23(24(26)28(27-18)16-19-8-4-2-5-9-19)25(29)30-17-20-12-14-22(15-13-20)21-10-6-3-7-11-21/h2-15H,16-17H2,1H3. The van der Waals surface area contributed by atoms with E-state index in [0.29, 0.717) is 23.0 Å². The van der Waals surface area contributed by atoms with Crippen molar-refractivity contribution in [3.8, 4) is 11.1 Å². The first-order chi connectivity index (χ1) is 14.6. The van der Waals surface area contributed by atoms with Gasteiger partial charge in [0.1, 0.15) is 17.3 Å². The number of benzene rings is 3. The number of hydrogen-bond acceptors (Lipinski definition) is 3. The number of carbonyl (C=O) groups excluding carboxylic acids is 1. The summed E-state index contributed by atoms with van der Waals surface area (Å²) in [7, 11) is 0. The zero-order chi connectivity index (χ0) is 20.9. The molecule has 3 aromatic carbocycles. The third-order valence-corrected chi connectivity index (χ3v) is 5.26. The fourth-order valence-electron chi connectivity index (χ4n) is 3.29. The molecule has 0 saturated heterocycles. The quantitative estimate of drug-likeness (QED) is 0.366. The number of nitrogens with zero attached hydrogens (tertiary/aromatic N) is 2. The summed E-state index contributed by atoms with van der Waals surface area (Å²) < 4.78 is 7.13. The molecule has 0 spiro atoms. The van der Waals surface area contributed by atoms with Gasteiger partial charge in [0, 0.05) is 0 Å². The lowest BCUT2D eigenvalue weighted by molar-refractivity contribution is 0.0472. The second-order valence-corrected chi connectivity index (χ2v) is 7.39. The van der Waals surface area contributed by atoms with Gasteiger partial charge in [0.15, 0.2) is 0 Å². The van der Waals surface area contributed by atoms with Crippen molar-refractivity contribution < 1.29 is 9.53 Å². The predicted molar refractivity (Wildman–Crippen MR) is 119 cm³/mol. The van der Waals surface area contributed by atoms with Gasteiger partial charge in [0.05, 0.1) is 12.2 Å². The van der Waals surface area contributed by atoms with Crippen LogP contribution in [0.1, 0.15) is 27.2 Å². The number of carbonyl (C=O) groups is 1. The molecule has 0 amide bonds. The Labute approximate surface area is 180 Å². The molecule has 0 aliphatic carbocycles. The van der Waals surface area contributed by atoms with E-state index < -0.39 is 5.97 Å². The number of aryl methyl sites for hydroxylation is 1. The van der Waals surface area contributed by atoms with E-state index in [9.17, 15) is 4.79 Å². The van der Waals surface area contributed by atoms with Crippen LogP contribution in [0, 0.1) is 6.92 Å². The highest BCUT2D eigenvalue weighted by atomic mass is 35.5. The van der Waals surface area contributed by atoms with E-state index in [1.165, 1.54) is 0 Å². The van der Waals surface area contributed by atoms with Gasteiger partial charge in [-0.1, -0.05) is 96.5 Å². The molecule has 0 fully saturated rings. The topological polar surface area (TPSA) is 44.1 Å². The van der Waals surface area contributed by atoms with Gasteiger partial charge in [-0.3, -0.25) is 0 Å². The normalized spacial score (nSPS) is 10.7. The fraction of sp³-hybridized carbons (Fsp3) is 0.120. The minimum absolute atomic E-state index is 0.174. The maximum Gasteiger partial charge on any atom is 0.343 e. The lowest BCUT2D eigenvalue weighted by Gasteiger charge is -2.07. The van der Waals surface area contributed by atoms with Crippen molar-refractivity contribution in [2.45, 2.75) is 20.1 Å². The first kappa shape index (κ1) is 19.9. The lowest BCUT2D eigenvalue weighted by Crippen LogP contribution is -2.07. The van der Waals surface area contributed by atoms with Crippen LogP contribution in [0.15, 0.2) is 84.9 Å². The fourth-order valence-corrected chi connectivity index (χ4v) is 3.60. The summed E-state index contributed by atoms with van der Waals surface area (Å²) in [6.45, 7) is 2.43. The van der Waals surface area contributed by atoms with E-state index in [1.807, 2.05) is 72.8 Å². The Kier molecular flexibility index (Phi) is 5.96. The smallest absolute Gasteiger partial charge is 0.343 e. The Morgan fingerprint density at radius 2 is 1.47 bits per heavy atom. The molecular formula is C25H21ClN2O2. The van der Waals surface area contributed by atoms with Crippen molar-refractivity contribution in [1.29, 1.82) is 0 Å². The number of aromatic nitrogens is 2. The minimum atomic E-state index is -0.469. The van der Waals surface area contributed by atoms with Gasteiger partial charge in [-0.05, 0) is 29.2 Å². The molecule has 4 aromatic rings. The molecule has 1 aromatic heterocycles. The average Bonchev–Trinajstić information content (AvgIpc) is 3.06. The Hall–Kier alpha value is -3.37. The molecule has 0 aliphatic heterocycles. The predicted octanol–water partition coefficient (Wildman–Crippen LogP) is 5.92. The number of esters is 1. The van der Waals surface area contributed by atoms with Crippen LogP contribution in [0.25, 0.3) is 11.1 Å². The highest BCUT2D eigenvalue weighted by Gasteiger charge is 2.21. The monoisotopic (exact) mass is 416 g/mol. The maximum atomic E-state index is 12.7. The van der Waals surface area contributed by atoms with Gasteiger partial charge in [-0.2, -0.15) is 5.10 Å². The van der Waals surface area contributed by atoms with E-state index in [-0.39, 0.29) is 6.61 Å². The van der Waals surface area contributed by atoms with Crippen molar-refractivity contribution in [2.24, 2.45) is 0 Å². The van der Waals surface area contributed by atoms with Gasteiger partial charge < -0.3 is 4.74 Å². The van der Waals surface area contributed by atoms with Crippen molar-refractivity contribution in [3.05, 3.63) is 112 Å². The summed E-state index contributed by atoms with van der Waals surface area (Å²) in [6.07, 6.45) is 0. The Bertz CT molecular complexity index is 1140. The summed E-state index contributed by atoms with van der Waals surface area (Å²) in [5.41, 5.74) is 5.10. The van der Waals surface area contributed by atoms with Crippen LogP contribution in [0.5, 0.6) is 0 Å². The van der Waals surface area contributed by atoms with Crippen molar-refractivity contribution in [1.82, 2.24) is 9.78 Å². The molecule has 0 saturated carbocycles. The highest BCUT2D eigenvalue weighted by molar-refractivity contribution is 6.32. The molecule has 0 N–H and O–H groups in total. The molecule has 4 rings (SSSR count). The average molecular weight is 417 g/mol. The largest absolute Gasteiger partial charge is 0.457 e. The molecule has 0 bridgehead atoms. The third-order valence-electron chi connectivity index (χ3n) is 4.88. The summed E-state index contributed by atoms with van der Waals surface area (Å²) >= 11 is 6.44. The number of halogens is 1. The molecule has 0 unspecified atom stereocenters. The second-order valence-electron chi connectivity index (χ2n) is 7.03. The first-order valence-electron chi connectivity index (χ1n) is 9.70. The van der Waals surface area contributed by atoms with E-state index >= 15 is 0 Å². The summed E-state index contributed by atoms with van der Waals surface area (Å²) in [4.78, 5) is 12.7. The SMILES string of the molecule is Cc1nn(Cc2ccccc2)c(Cl)c1C(=O)OCc1ccc(-c2ccccc2)cc1. The number of rotatable bonds is 6. The second kappa shape index (κ2) is 8.97. The third kappa shape index (κ3) is 4.44. The summed E-state index contributed by atoms with van der Waals surface area (Å²) in [5.74, 6) is -0.469. The Morgan fingerprint density at radius 1 is 0.867 bits per heavy atom. The van der Waals surface area contributed by atoms with Gasteiger partial charge in [-0.25, -0.2) is 9.48 Å². The number of hydrogen-bond donors (Lipinski definition) is 0. The molecule has 5 heteroatoms. The van der Waals surface area contributed by atoms with Crippen LogP contribution >= 0.6 is 11.6 Å². The number of ether oxygens (including phenoxy) is 1. The summed E-state index contributed by atoms with van der Waals surface area (Å²) in [6, 6.07) is 27.9. The highest BCUT2D eigenvalue weighted by Crippen LogP contribution is 2.23. The zero-order valence-electron chi connectivity index (χ0n) is 16.6. The van der Waals surface area contributed by atoms with Crippen molar-refractivity contribution in [3.63, 3.8) is 0 Å². The Morgan fingerprint density at radius 3 is 2.13 bits per heavy atom. The maximum absolute atomic E-state index is 12.7. The molecule has 4 nitrogen and oxygen atoms in total. The molecular weight excluding hydrogens is 396 g/mol. The molecule has 0 atom stereocenters. The zero-order valence-corrected chi connectivity index (χ0v) is 17.3. The molecule has 0 aliphatic rings. The molecule has 30 heavy (non-hydrogen) atoms. The van der Waals surface area contributed by atoms with E-state index in [4.69, 9.17) is 16.3 Å². The van der Waals surface area contributed by atoms with E-state index in [2.05, 4.69) is 17.2 Å². The van der Waals surface area contributed by atoms with Crippen LogP contribution in [0.2, 0.25) is 5.15 Å². The molecule has 1 heterocycles. The van der Waals surface area contributed by atoms with Crippen LogP contribution < -0.4 is 0 Å².